The minimum Gasteiger partial charge on any atom is -0.507 e. The Balaban J connectivity index is 1.45. The lowest BCUT2D eigenvalue weighted by atomic mass is 10.1. The van der Waals surface area contributed by atoms with Crippen molar-refractivity contribution in [1.82, 2.24) is 0 Å². The molecule has 0 saturated carbocycles. The molecule has 4 rings (SSSR count). The van der Waals surface area contributed by atoms with Gasteiger partial charge >= 0.3 is 0 Å². The van der Waals surface area contributed by atoms with Gasteiger partial charge in [-0.1, -0.05) is 42.5 Å². The van der Waals surface area contributed by atoms with Gasteiger partial charge < -0.3 is 20.5 Å². The number of benzene rings is 4. The minimum atomic E-state index is -0.542. The van der Waals surface area contributed by atoms with Crippen LogP contribution in [-0.4, -0.2) is 11.0 Å². The maximum atomic E-state index is 12.5. The van der Waals surface area contributed by atoms with Crippen molar-refractivity contribution in [2.45, 2.75) is 0 Å². The molecule has 0 aliphatic heterocycles. The molecule has 0 atom stereocenters. The first kappa shape index (κ1) is 20.5. The number of para-hydroxylation sites is 1. The Kier molecular flexibility index (Phi) is 6.01. The number of nitrogens with one attached hydrogen (secondary N) is 2. The van der Waals surface area contributed by atoms with Crippen LogP contribution in [0.2, 0.25) is 0 Å². The van der Waals surface area contributed by atoms with E-state index in [2.05, 4.69) is 10.6 Å². The summed E-state index contributed by atoms with van der Waals surface area (Å²) in [6.07, 6.45) is 1.35. The second-order valence-electron chi connectivity index (χ2n) is 6.89. The van der Waals surface area contributed by atoms with Gasteiger partial charge in [0.15, 0.2) is 0 Å². The lowest BCUT2D eigenvalue weighted by Gasteiger charge is -2.09. The molecule has 0 aliphatic rings. The van der Waals surface area contributed by atoms with E-state index in [1.54, 1.807) is 54.6 Å². The number of ether oxygens (including phenoxy) is 1. The van der Waals surface area contributed by atoms with Crippen molar-refractivity contribution in [3.05, 3.63) is 103 Å². The van der Waals surface area contributed by atoms with Crippen LogP contribution in [0.4, 0.5) is 11.4 Å². The Bertz CT molecular complexity index is 1320. The molecule has 0 saturated heterocycles. The first-order chi connectivity index (χ1) is 15.6. The van der Waals surface area contributed by atoms with Gasteiger partial charge in [0.25, 0.3) is 5.91 Å². The summed E-state index contributed by atoms with van der Waals surface area (Å²) in [5.41, 5.74) is 1.11. The molecule has 4 aromatic rings. The molecule has 0 spiro atoms. The number of rotatable bonds is 6. The fourth-order valence-corrected chi connectivity index (χ4v) is 3.15. The molecule has 0 aliphatic carbocycles. The highest BCUT2D eigenvalue weighted by molar-refractivity contribution is 6.07. The Labute approximate surface area is 185 Å². The van der Waals surface area contributed by atoms with Gasteiger partial charge in [-0.15, -0.1) is 0 Å². The van der Waals surface area contributed by atoms with Crippen LogP contribution in [0.5, 0.6) is 17.2 Å². The molecule has 4 aromatic carbocycles. The van der Waals surface area contributed by atoms with Gasteiger partial charge in [0, 0.05) is 28.3 Å². The third kappa shape index (κ3) is 4.69. The zero-order valence-electron chi connectivity index (χ0n) is 16.9. The summed E-state index contributed by atoms with van der Waals surface area (Å²) in [5, 5.41) is 26.6. The smallest absolute Gasteiger partial charge is 0.267 e. The van der Waals surface area contributed by atoms with Crippen molar-refractivity contribution >= 4 is 28.1 Å². The number of carbonyl (C=O) groups is 1. The fourth-order valence-electron chi connectivity index (χ4n) is 3.15. The van der Waals surface area contributed by atoms with Crippen LogP contribution in [0.3, 0.4) is 0 Å². The van der Waals surface area contributed by atoms with Crippen LogP contribution in [0.15, 0.2) is 103 Å². The number of nitriles is 1. The number of anilines is 2. The highest BCUT2D eigenvalue weighted by atomic mass is 16.5. The molecule has 0 heterocycles. The van der Waals surface area contributed by atoms with Crippen molar-refractivity contribution in [2.75, 3.05) is 10.6 Å². The van der Waals surface area contributed by atoms with Crippen LogP contribution in [0.25, 0.3) is 10.8 Å². The van der Waals surface area contributed by atoms with Crippen molar-refractivity contribution in [2.24, 2.45) is 0 Å². The van der Waals surface area contributed by atoms with E-state index in [1.807, 2.05) is 42.5 Å². The van der Waals surface area contributed by atoms with Gasteiger partial charge in [0.1, 0.15) is 28.9 Å². The van der Waals surface area contributed by atoms with Gasteiger partial charge in [-0.25, -0.2) is 0 Å². The van der Waals surface area contributed by atoms with Crippen LogP contribution in [-0.2, 0) is 4.79 Å². The number of aromatic hydroxyl groups is 1. The molecule has 156 valence electrons. The Morgan fingerprint density at radius 2 is 1.53 bits per heavy atom. The number of fused-ring (bicyclic) bond motifs is 1. The Morgan fingerprint density at radius 3 is 2.28 bits per heavy atom. The summed E-state index contributed by atoms with van der Waals surface area (Å²) < 4.78 is 5.73. The number of amides is 1. The third-order valence-electron chi connectivity index (χ3n) is 4.73. The second kappa shape index (κ2) is 9.37. The number of hydrogen-bond acceptors (Lipinski definition) is 5. The summed E-state index contributed by atoms with van der Waals surface area (Å²) in [5.74, 6) is 0.964. The molecule has 1 amide bonds. The number of hydrogen-bond donors (Lipinski definition) is 3. The van der Waals surface area contributed by atoms with Gasteiger partial charge in [-0.2, -0.15) is 5.26 Å². The van der Waals surface area contributed by atoms with E-state index in [4.69, 9.17) is 4.74 Å². The van der Waals surface area contributed by atoms with Gasteiger partial charge in [-0.05, 0) is 48.5 Å². The highest BCUT2D eigenvalue weighted by Gasteiger charge is 2.10. The van der Waals surface area contributed by atoms with E-state index in [-0.39, 0.29) is 11.3 Å². The van der Waals surface area contributed by atoms with Crippen LogP contribution < -0.4 is 15.4 Å². The lowest BCUT2D eigenvalue weighted by Crippen LogP contribution is -2.14. The Hall–Kier alpha value is -4.76. The predicted octanol–water partition coefficient (Wildman–Crippen LogP) is 5.80. The predicted molar refractivity (Wildman–Crippen MR) is 125 cm³/mol. The first-order valence-electron chi connectivity index (χ1n) is 9.86. The molecular weight excluding hydrogens is 402 g/mol. The maximum Gasteiger partial charge on any atom is 0.267 e. The van der Waals surface area contributed by atoms with Crippen LogP contribution in [0.1, 0.15) is 0 Å². The van der Waals surface area contributed by atoms with Gasteiger partial charge in [0.05, 0.1) is 0 Å². The number of nitrogens with zero attached hydrogens (tertiary/aromatic N) is 1. The third-order valence-corrected chi connectivity index (χ3v) is 4.73. The molecule has 0 unspecified atom stereocenters. The van der Waals surface area contributed by atoms with Gasteiger partial charge in [-0.3, -0.25) is 4.79 Å². The lowest BCUT2D eigenvalue weighted by molar-refractivity contribution is -0.112. The monoisotopic (exact) mass is 421 g/mol. The summed E-state index contributed by atoms with van der Waals surface area (Å²) in [7, 11) is 0. The van der Waals surface area contributed by atoms with E-state index in [9.17, 15) is 15.2 Å². The SMILES string of the molecule is N#C/C(=C/Nc1cccc2c(O)cccc12)C(=O)Nc1ccc(Oc2ccccc2)cc1. The molecular formula is C26H19N3O3. The standard InChI is InChI=1S/C26H19N3O3/c27-16-18(17-28-24-10-4-9-23-22(24)8-5-11-25(23)30)26(31)29-19-12-14-21(15-13-19)32-20-6-2-1-3-7-20/h1-15,17,28,30H,(H,29,31)/b18-17-. The van der Waals surface area contributed by atoms with E-state index < -0.39 is 5.91 Å². The molecule has 0 radical (unpaired) electrons. The fraction of sp³-hybridized carbons (Fsp3) is 0. The number of phenolic OH excluding ortho intramolecular Hbond substituents is 1. The zero-order valence-corrected chi connectivity index (χ0v) is 16.9. The number of phenols is 1. The largest absolute Gasteiger partial charge is 0.507 e. The first-order valence-corrected chi connectivity index (χ1v) is 9.86. The summed E-state index contributed by atoms with van der Waals surface area (Å²) in [6.45, 7) is 0. The molecule has 0 bridgehead atoms. The normalized spacial score (nSPS) is 10.9. The molecule has 6 nitrogen and oxygen atoms in total. The summed E-state index contributed by atoms with van der Waals surface area (Å²) in [6, 6.07) is 28.7. The molecule has 3 N–H and O–H groups in total. The molecule has 0 fully saturated rings. The Morgan fingerprint density at radius 1 is 0.844 bits per heavy atom. The average Bonchev–Trinajstić information content (AvgIpc) is 2.82. The maximum absolute atomic E-state index is 12.5. The van der Waals surface area contributed by atoms with Crippen LogP contribution >= 0.6 is 0 Å². The molecule has 0 aromatic heterocycles. The van der Waals surface area contributed by atoms with E-state index in [0.717, 1.165) is 5.39 Å². The molecule has 6 heteroatoms. The van der Waals surface area contributed by atoms with Crippen molar-refractivity contribution in [3.63, 3.8) is 0 Å². The van der Waals surface area contributed by atoms with Crippen molar-refractivity contribution in [3.8, 4) is 23.3 Å². The van der Waals surface area contributed by atoms with Gasteiger partial charge in [0.2, 0.25) is 0 Å². The zero-order chi connectivity index (χ0) is 22.3. The highest BCUT2D eigenvalue weighted by Crippen LogP contribution is 2.30. The van der Waals surface area contributed by atoms with Crippen molar-refractivity contribution in [1.29, 1.82) is 5.26 Å². The number of carbonyl (C=O) groups excluding carboxylic acids is 1. The topological polar surface area (TPSA) is 94.4 Å². The van der Waals surface area contributed by atoms with Crippen molar-refractivity contribution < 1.29 is 14.6 Å². The van der Waals surface area contributed by atoms with E-state index in [0.29, 0.717) is 28.3 Å². The minimum absolute atomic E-state index is 0.0910. The average molecular weight is 421 g/mol. The second-order valence-corrected chi connectivity index (χ2v) is 6.89. The van der Waals surface area contributed by atoms with Crippen LogP contribution in [0, 0.1) is 11.3 Å². The molecule has 32 heavy (non-hydrogen) atoms. The quantitative estimate of drug-likeness (QED) is 0.270. The van der Waals surface area contributed by atoms with E-state index in [1.165, 1.54) is 6.20 Å². The summed E-state index contributed by atoms with van der Waals surface area (Å²) in [4.78, 5) is 12.5. The van der Waals surface area contributed by atoms with E-state index >= 15 is 0 Å². The summed E-state index contributed by atoms with van der Waals surface area (Å²) >= 11 is 0.